The number of hydrogen-bond donors (Lipinski definition) is 0. The van der Waals surface area contributed by atoms with Crippen LogP contribution < -0.4 is 9.47 Å². The van der Waals surface area contributed by atoms with E-state index in [0.29, 0.717) is 6.29 Å². The molecule has 0 radical (unpaired) electrons. The highest BCUT2D eigenvalue weighted by Gasteiger charge is 2.32. The van der Waals surface area contributed by atoms with Crippen molar-refractivity contribution in [1.29, 1.82) is 0 Å². The van der Waals surface area contributed by atoms with Crippen molar-refractivity contribution in [2.24, 2.45) is 0 Å². The number of alkyl halides is 3. The Balaban J connectivity index is 3.02. The van der Waals surface area contributed by atoms with E-state index >= 15 is 0 Å². The Bertz CT molecular complexity index is 374. The van der Waals surface area contributed by atoms with Crippen molar-refractivity contribution in [3.8, 4) is 11.5 Å². The lowest BCUT2D eigenvalue weighted by molar-refractivity contribution is -0.275. The highest BCUT2D eigenvalue weighted by Crippen LogP contribution is 2.32. The largest absolute Gasteiger partial charge is 0.573 e. The SMILES string of the molecule is CCOc1cc(C=O)ccc1OC(F)(F)F. The molecule has 88 valence electrons. The van der Waals surface area contributed by atoms with Gasteiger partial charge in [-0.15, -0.1) is 13.2 Å². The molecule has 0 amide bonds. The monoisotopic (exact) mass is 234 g/mol. The fraction of sp³-hybridized carbons (Fsp3) is 0.300. The van der Waals surface area contributed by atoms with Crippen molar-refractivity contribution < 1.29 is 27.4 Å². The van der Waals surface area contributed by atoms with Crippen molar-refractivity contribution in [1.82, 2.24) is 0 Å². The quantitative estimate of drug-likeness (QED) is 0.751. The maximum Gasteiger partial charge on any atom is 0.573 e. The molecule has 0 atom stereocenters. The molecule has 16 heavy (non-hydrogen) atoms. The Morgan fingerprint density at radius 1 is 1.31 bits per heavy atom. The smallest absolute Gasteiger partial charge is 0.490 e. The third kappa shape index (κ3) is 3.45. The zero-order valence-electron chi connectivity index (χ0n) is 8.38. The molecule has 1 rings (SSSR count). The van der Waals surface area contributed by atoms with Gasteiger partial charge in [-0.3, -0.25) is 4.79 Å². The van der Waals surface area contributed by atoms with Crippen LogP contribution in [0.3, 0.4) is 0 Å². The molecule has 0 aliphatic heterocycles. The molecule has 0 heterocycles. The molecular formula is C10H9F3O3. The first-order valence-electron chi connectivity index (χ1n) is 4.44. The van der Waals surface area contributed by atoms with Gasteiger partial charge in [0, 0.05) is 5.56 Å². The van der Waals surface area contributed by atoms with Gasteiger partial charge in [-0.1, -0.05) is 0 Å². The number of aldehydes is 1. The fourth-order valence-corrected chi connectivity index (χ4v) is 1.08. The number of benzene rings is 1. The molecule has 0 aromatic heterocycles. The first-order valence-corrected chi connectivity index (χ1v) is 4.44. The van der Waals surface area contributed by atoms with Crippen LogP contribution in [-0.4, -0.2) is 19.3 Å². The first kappa shape index (κ1) is 12.4. The van der Waals surface area contributed by atoms with Gasteiger partial charge in [-0.2, -0.15) is 0 Å². The highest BCUT2D eigenvalue weighted by atomic mass is 19.4. The molecule has 0 saturated heterocycles. The van der Waals surface area contributed by atoms with Gasteiger partial charge in [-0.25, -0.2) is 0 Å². The van der Waals surface area contributed by atoms with E-state index in [1.165, 1.54) is 12.1 Å². The summed E-state index contributed by atoms with van der Waals surface area (Å²) in [4.78, 5) is 10.4. The summed E-state index contributed by atoms with van der Waals surface area (Å²) in [6.45, 7) is 1.79. The highest BCUT2D eigenvalue weighted by molar-refractivity contribution is 5.76. The van der Waals surface area contributed by atoms with Gasteiger partial charge in [-0.05, 0) is 25.1 Å². The number of rotatable bonds is 4. The zero-order chi connectivity index (χ0) is 12.2. The van der Waals surface area contributed by atoms with Crippen molar-refractivity contribution >= 4 is 6.29 Å². The van der Waals surface area contributed by atoms with Gasteiger partial charge in [0.2, 0.25) is 0 Å². The van der Waals surface area contributed by atoms with Crippen LogP contribution >= 0.6 is 0 Å². The van der Waals surface area contributed by atoms with Crippen LogP contribution in [0.5, 0.6) is 11.5 Å². The number of ether oxygens (including phenoxy) is 2. The average molecular weight is 234 g/mol. The third-order valence-electron chi connectivity index (χ3n) is 1.63. The average Bonchev–Trinajstić information content (AvgIpc) is 2.19. The van der Waals surface area contributed by atoms with Crippen LogP contribution in [0.4, 0.5) is 13.2 Å². The van der Waals surface area contributed by atoms with Gasteiger partial charge in [0.1, 0.15) is 6.29 Å². The Hall–Kier alpha value is -1.72. The maximum atomic E-state index is 12.0. The fourth-order valence-electron chi connectivity index (χ4n) is 1.08. The van der Waals surface area contributed by atoms with Gasteiger partial charge in [0.25, 0.3) is 0 Å². The molecule has 0 N–H and O–H groups in total. The summed E-state index contributed by atoms with van der Waals surface area (Å²) in [6.07, 6.45) is -4.27. The van der Waals surface area contributed by atoms with Crippen molar-refractivity contribution in [3.05, 3.63) is 23.8 Å². The molecule has 0 bridgehead atoms. The second-order valence-corrected chi connectivity index (χ2v) is 2.80. The number of carbonyl (C=O) groups is 1. The van der Waals surface area contributed by atoms with Gasteiger partial charge < -0.3 is 9.47 Å². The zero-order valence-corrected chi connectivity index (χ0v) is 8.38. The van der Waals surface area contributed by atoms with Crippen molar-refractivity contribution in [2.45, 2.75) is 13.3 Å². The predicted octanol–water partition coefficient (Wildman–Crippen LogP) is 2.80. The summed E-state index contributed by atoms with van der Waals surface area (Å²) >= 11 is 0. The van der Waals surface area contributed by atoms with Crippen LogP contribution in [0.15, 0.2) is 18.2 Å². The Morgan fingerprint density at radius 2 is 2.00 bits per heavy atom. The standard InChI is InChI=1S/C10H9F3O3/c1-2-15-9-5-7(6-14)3-4-8(9)16-10(11,12)13/h3-6H,2H2,1H3. The first-order chi connectivity index (χ1) is 7.46. The minimum atomic E-state index is -4.78. The number of hydrogen-bond acceptors (Lipinski definition) is 3. The Kier molecular flexibility index (Phi) is 3.76. The molecule has 1 aromatic rings. The van der Waals surface area contributed by atoms with Crippen molar-refractivity contribution in [2.75, 3.05) is 6.61 Å². The van der Waals surface area contributed by atoms with Crippen LogP contribution in [-0.2, 0) is 0 Å². The lowest BCUT2D eigenvalue weighted by Gasteiger charge is -2.13. The molecule has 0 unspecified atom stereocenters. The lowest BCUT2D eigenvalue weighted by Crippen LogP contribution is -2.17. The van der Waals surface area contributed by atoms with Crippen LogP contribution in [0.25, 0.3) is 0 Å². The topological polar surface area (TPSA) is 35.5 Å². The van der Waals surface area contributed by atoms with E-state index in [2.05, 4.69) is 4.74 Å². The predicted molar refractivity (Wildman–Crippen MR) is 49.7 cm³/mol. The van der Waals surface area contributed by atoms with E-state index in [-0.39, 0.29) is 17.9 Å². The van der Waals surface area contributed by atoms with Gasteiger partial charge in [0.15, 0.2) is 11.5 Å². The Morgan fingerprint density at radius 3 is 2.50 bits per heavy atom. The van der Waals surface area contributed by atoms with Gasteiger partial charge in [0.05, 0.1) is 6.61 Å². The molecule has 3 nitrogen and oxygen atoms in total. The number of carbonyl (C=O) groups excluding carboxylic acids is 1. The van der Waals surface area contributed by atoms with Crippen LogP contribution in [0.2, 0.25) is 0 Å². The summed E-state index contributed by atoms with van der Waals surface area (Å²) in [5, 5.41) is 0. The minimum Gasteiger partial charge on any atom is -0.490 e. The summed E-state index contributed by atoms with van der Waals surface area (Å²) in [6, 6.07) is 3.45. The molecule has 0 spiro atoms. The third-order valence-corrected chi connectivity index (χ3v) is 1.63. The van der Waals surface area contributed by atoms with Crippen LogP contribution in [0, 0.1) is 0 Å². The summed E-state index contributed by atoms with van der Waals surface area (Å²) in [5.74, 6) is -0.565. The second-order valence-electron chi connectivity index (χ2n) is 2.80. The van der Waals surface area contributed by atoms with Crippen LogP contribution in [0.1, 0.15) is 17.3 Å². The van der Waals surface area contributed by atoms with E-state index in [9.17, 15) is 18.0 Å². The molecule has 0 aliphatic rings. The van der Waals surface area contributed by atoms with E-state index < -0.39 is 12.1 Å². The second kappa shape index (κ2) is 4.87. The summed E-state index contributed by atoms with van der Waals surface area (Å²) < 4.78 is 44.7. The summed E-state index contributed by atoms with van der Waals surface area (Å²) in [7, 11) is 0. The van der Waals surface area contributed by atoms with E-state index in [4.69, 9.17) is 4.74 Å². The summed E-state index contributed by atoms with van der Waals surface area (Å²) in [5.41, 5.74) is 0.220. The number of halogens is 3. The normalized spacial score (nSPS) is 11.0. The molecule has 1 aromatic carbocycles. The minimum absolute atomic E-state index is 0.107. The maximum absolute atomic E-state index is 12.0. The molecule has 0 fully saturated rings. The van der Waals surface area contributed by atoms with Crippen molar-refractivity contribution in [3.63, 3.8) is 0 Å². The van der Waals surface area contributed by atoms with E-state index in [1.807, 2.05) is 0 Å². The molecular weight excluding hydrogens is 225 g/mol. The van der Waals surface area contributed by atoms with E-state index in [1.54, 1.807) is 6.92 Å². The van der Waals surface area contributed by atoms with E-state index in [0.717, 1.165) is 6.07 Å². The van der Waals surface area contributed by atoms with Gasteiger partial charge >= 0.3 is 6.36 Å². The molecule has 0 aliphatic carbocycles. The molecule has 0 saturated carbocycles. The lowest BCUT2D eigenvalue weighted by atomic mass is 10.2. The molecule has 6 heteroatoms. The Labute approximate surface area is 89.8 Å².